The Morgan fingerprint density at radius 3 is 2.83 bits per heavy atom. The molecule has 0 bridgehead atoms. The lowest BCUT2D eigenvalue weighted by Crippen LogP contribution is -2.23. The van der Waals surface area contributed by atoms with Crippen LogP contribution in [0, 0.1) is 0 Å². The fourth-order valence-electron chi connectivity index (χ4n) is 2.97. The van der Waals surface area contributed by atoms with Crippen LogP contribution in [0.2, 0.25) is 0 Å². The van der Waals surface area contributed by atoms with Crippen LogP contribution >= 0.6 is 0 Å². The van der Waals surface area contributed by atoms with Gasteiger partial charge in [0.15, 0.2) is 5.65 Å². The fraction of sp³-hybridized carbons (Fsp3) is 0.235. The number of benzene rings is 1. The molecule has 7 nitrogen and oxygen atoms in total. The third kappa shape index (κ3) is 2.48. The maximum absolute atomic E-state index is 12.0. The molecule has 0 saturated heterocycles. The Bertz CT molecular complexity index is 1070. The van der Waals surface area contributed by atoms with E-state index < -0.39 is 0 Å². The van der Waals surface area contributed by atoms with E-state index in [1.807, 2.05) is 32.3 Å². The number of fused-ring (bicyclic) bond motifs is 2. The molecule has 24 heavy (non-hydrogen) atoms. The van der Waals surface area contributed by atoms with Gasteiger partial charge in [-0.15, -0.1) is 0 Å². The summed E-state index contributed by atoms with van der Waals surface area (Å²) in [6.07, 6.45) is 1.71. The zero-order chi connectivity index (χ0) is 16.7. The van der Waals surface area contributed by atoms with Gasteiger partial charge in [0.05, 0.1) is 23.3 Å². The van der Waals surface area contributed by atoms with Crippen molar-refractivity contribution in [3.63, 3.8) is 0 Å². The highest BCUT2D eigenvalue weighted by atomic mass is 16.1. The SMILES string of the molecule is CN(Cc1cc(=O)n2[nH]ccc2n1)Cc1nc2ccccc2n1C. The number of rotatable bonds is 4. The first-order valence-electron chi connectivity index (χ1n) is 7.77. The quantitative estimate of drug-likeness (QED) is 0.619. The van der Waals surface area contributed by atoms with E-state index in [0.717, 1.165) is 22.6 Å². The van der Waals surface area contributed by atoms with Crippen LogP contribution in [0.3, 0.4) is 0 Å². The van der Waals surface area contributed by atoms with Crippen molar-refractivity contribution in [1.29, 1.82) is 0 Å². The monoisotopic (exact) mass is 322 g/mol. The number of hydrogen-bond acceptors (Lipinski definition) is 4. The van der Waals surface area contributed by atoms with Crippen LogP contribution in [-0.2, 0) is 20.1 Å². The second-order valence-electron chi connectivity index (χ2n) is 5.99. The molecule has 0 spiro atoms. The number of nitrogens with zero attached hydrogens (tertiary/aromatic N) is 5. The maximum atomic E-state index is 12.0. The fourth-order valence-corrected chi connectivity index (χ4v) is 2.97. The minimum absolute atomic E-state index is 0.101. The van der Waals surface area contributed by atoms with Crippen LogP contribution in [0.15, 0.2) is 47.4 Å². The van der Waals surface area contributed by atoms with E-state index in [1.165, 1.54) is 4.52 Å². The van der Waals surface area contributed by atoms with Gasteiger partial charge in [-0.25, -0.2) is 14.5 Å². The van der Waals surface area contributed by atoms with Gasteiger partial charge in [-0.3, -0.25) is 14.8 Å². The van der Waals surface area contributed by atoms with Crippen molar-refractivity contribution < 1.29 is 0 Å². The van der Waals surface area contributed by atoms with Crippen LogP contribution in [0.1, 0.15) is 11.5 Å². The third-order valence-electron chi connectivity index (χ3n) is 4.16. The topological polar surface area (TPSA) is 71.2 Å². The van der Waals surface area contributed by atoms with E-state index in [9.17, 15) is 4.79 Å². The number of imidazole rings is 1. The van der Waals surface area contributed by atoms with E-state index in [2.05, 4.69) is 30.6 Å². The Morgan fingerprint density at radius 1 is 1.17 bits per heavy atom. The van der Waals surface area contributed by atoms with Crippen LogP contribution in [0.4, 0.5) is 0 Å². The van der Waals surface area contributed by atoms with Crippen molar-refractivity contribution >= 4 is 16.7 Å². The predicted octanol–water partition coefficient (Wildman–Crippen LogP) is 1.54. The van der Waals surface area contributed by atoms with Crippen LogP contribution in [0.25, 0.3) is 16.7 Å². The smallest absolute Gasteiger partial charge is 0.272 e. The summed E-state index contributed by atoms with van der Waals surface area (Å²) in [6, 6.07) is 11.4. The number of hydrogen-bond donors (Lipinski definition) is 1. The van der Waals surface area contributed by atoms with Crippen molar-refractivity contribution in [1.82, 2.24) is 29.0 Å². The zero-order valence-electron chi connectivity index (χ0n) is 13.6. The molecule has 0 amide bonds. The predicted molar refractivity (Wildman–Crippen MR) is 91.7 cm³/mol. The highest BCUT2D eigenvalue weighted by Gasteiger charge is 2.11. The van der Waals surface area contributed by atoms with Gasteiger partial charge in [0.25, 0.3) is 5.56 Å². The van der Waals surface area contributed by atoms with Crippen LogP contribution in [0.5, 0.6) is 0 Å². The second kappa shape index (κ2) is 5.61. The summed E-state index contributed by atoms with van der Waals surface area (Å²) >= 11 is 0. The van der Waals surface area contributed by atoms with Gasteiger partial charge in [-0.2, -0.15) is 0 Å². The Hall–Kier alpha value is -2.93. The first kappa shape index (κ1) is 14.6. The highest BCUT2D eigenvalue weighted by molar-refractivity contribution is 5.75. The Morgan fingerprint density at radius 2 is 2.00 bits per heavy atom. The molecule has 0 aliphatic heterocycles. The summed E-state index contributed by atoms with van der Waals surface area (Å²) in [5, 5.41) is 2.85. The van der Waals surface area contributed by atoms with Crippen LogP contribution in [-0.4, -0.2) is 36.1 Å². The number of aromatic amines is 1. The van der Waals surface area contributed by atoms with Gasteiger partial charge in [0.2, 0.25) is 0 Å². The zero-order valence-corrected chi connectivity index (χ0v) is 13.6. The van der Waals surface area contributed by atoms with Crippen LogP contribution < -0.4 is 5.56 Å². The Kier molecular flexibility index (Phi) is 3.42. The highest BCUT2D eigenvalue weighted by Crippen LogP contribution is 2.15. The molecule has 0 unspecified atom stereocenters. The van der Waals surface area contributed by atoms with Crippen molar-refractivity contribution in [3.05, 3.63) is 64.5 Å². The lowest BCUT2D eigenvalue weighted by atomic mass is 10.3. The van der Waals surface area contributed by atoms with Crippen molar-refractivity contribution in [3.8, 4) is 0 Å². The molecule has 7 heteroatoms. The Labute approximate surface area is 138 Å². The number of para-hydroxylation sites is 2. The molecule has 122 valence electrons. The molecule has 1 aromatic carbocycles. The van der Waals surface area contributed by atoms with E-state index in [1.54, 1.807) is 18.3 Å². The number of nitrogens with one attached hydrogen (secondary N) is 1. The summed E-state index contributed by atoms with van der Waals surface area (Å²) in [5.41, 5.74) is 3.39. The standard InChI is InChI=1S/C17H18N6O/c1-21(10-12-9-17(24)23-15(19-12)7-8-18-23)11-16-20-13-5-3-4-6-14(13)22(16)2/h3-9,18H,10-11H2,1-2H3. The molecule has 0 aliphatic rings. The number of aryl methyl sites for hydroxylation is 1. The molecule has 1 N–H and O–H groups in total. The molecule has 4 aromatic rings. The minimum atomic E-state index is -0.101. The summed E-state index contributed by atoms with van der Waals surface area (Å²) in [6.45, 7) is 1.26. The van der Waals surface area contributed by atoms with Gasteiger partial charge in [0.1, 0.15) is 5.82 Å². The average molecular weight is 322 g/mol. The first-order valence-corrected chi connectivity index (χ1v) is 7.77. The van der Waals surface area contributed by atoms with Crippen molar-refractivity contribution in [2.24, 2.45) is 7.05 Å². The van der Waals surface area contributed by atoms with Crippen molar-refractivity contribution in [2.45, 2.75) is 13.1 Å². The summed E-state index contributed by atoms with van der Waals surface area (Å²) < 4.78 is 3.53. The van der Waals surface area contributed by atoms with Gasteiger partial charge in [-0.1, -0.05) is 12.1 Å². The van der Waals surface area contributed by atoms with Gasteiger partial charge in [0, 0.05) is 31.9 Å². The largest absolute Gasteiger partial charge is 0.330 e. The van der Waals surface area contributed by atoms with Gasteiger partial charge < -0.3 is 4.57 Å². The molecule has 0 radical (unpaired) electrons. The van der Waals surface area contributed by atoms with E-state index >= 15 is 0 Å². The Balaban J connectivity index is 1.57. The minimum Gasteiger partial charge on any atom is -0.330 e. The molecule has 0 fully saturated rings. The summed E-state index contributed by atoms with van der Waals surface area (Å²) in [5.74, 6) is 0.984. The van der Waals surface area contributed by atoms with E-state index in [0.29, 0.717) is 18.7 Å². The van der Waals surface area contributed by atoms with E-state index in [4.69, 9.17) is 0 Å². The molecule has 3 heterocycles. The summed E-state index contributed by atoms with van der Waals surface area (Å²) in [7, 11) is 4.02. The molecule has 3 aromatic heterocycles. The molecule has 0 aliphatic carbocycles. The van der Waals surface area contributed by atoms with Gasteiger partial charge >= 0.3 is 0 Å². The van der Waals surface area contributed by atoms with E-state index in [-0.39, 0.29) is 5.56 Å². The molecule has 0 atom stereocenters. The van der Waals surface area contributed by atoms with Gasteiger partial charge in [-0.05, 0) is 19.2 Å². The second-order valence-corrected chi connectivity index (χ2v) is 5.99. The number of H-pyrrole nitrogens is 1. The average Bonchev–Trinajstić information content (AvgIpc) is 3.13. The normalized spacial score (nSPS) is 11.8. The lowest BCUT2D eigenvalue weighted by Gasteiger charge is -2.15. The third-order valence-corrected chi connectivity index (χ3v) is 4.16. The molecule has 4 rings (SSSR count). The maximum Gasteiger partial charge on any atom is 0.272 e. The molecule has 0 saturated carbocycles. The molecular formula is C17H18N6O. The van der Waals surface area contributed by atoms with Crippen molar-refractivity contribution in [2.75, 3.05) is 7.05 Å². The molecular weight excluding hydrogens is 304 g/mol. The first-order chi connectivity index (χ1) is 11.6. The summed E-state index contributed by atoms with van der Waals surface area (Å²) in [4.78, 5) is 23.3. The lowest BCUT2D eigenvalue weighted by molar-refractivity contribution is 0.304. The number of aromatic nitrogens is 5.